The molecule has 0 atom stereocenters. The average molecular weight is 368 g/mol. The molecule has 1 amide bonds. The van der Waals surface area contributed by atoms with Crippen LogP contribution in [0.4, 0.5) is 5.88 Å². The van der Waals surface area contributed by atoms with Crippen LogP contribution in [0, 0.1) is 0 Å². The monoisotopic (exact) mass is 368 g/mol. The van der Waals surface area contributed by atoms with Gasteiger partial charge in [0.2, 0.25) is 0 Å². The molecule has 0 bridgehead atoms. The molecule has 128 valence electrons. The fourth-order valence-corrected chi connectivity index (χ4v) is 3.69. The van der Waals surface area contributed by atoms with Gasteiger partial charge in [-0.15, -0.1) is 0 Å². The van der Waals surface area contributed by atoms with Crippen molar-refractivity contribution in [1.82, 2.24) is 4.90 Å². The first-order chi connectivity index (χ1) is 11.5. The quantitative estimate of drug-likeness (QED) is 0.622. The highest BCUT2D eigenvalue weighted by atomic mass is 32.2. The van der Waals surface area contributed by atoms with Crippen molar-refractivity contribution in [3.8, 4) is 0 Å². The molecular formula is C15H16N2O5S2. The van der Waals surface area contributed by atoms with Crippen molar-refractivity contribution in [3.05, 3.63) is 22.8 Å². The summed E-state index contributed by atoms with van der Waals surface area (Å²) in [5, 5.41) is 8.74. The van der Waals surface area contributed by atoms with Gasteiger partial charge in [-0.3, -0.25) is 14.5 Å². The van der Waals surface area contributed by atoms with E-state index >= 15 is 0 Å². The van der Waals surface area contributed by atoms with E-state index in [1.165, 1.54) is 4.90 Å². The number of amides is 1. The first-order valence-electron chi connectivity index (χ1n) is 7.44. The molecule has 0 spiro atoms. The van der Waals surface area contributed by atoms with E-state index in [4.69, 9.17) is 26.5 Å². The number of nitrogens with zero attached hydrogens (tertiary/aromatic N) is 2. The molecule has 0 unspecified atom stereocenters. The van der Waals surface area contributed by atoms with Gasteiger partial charge in [-0.25, -0.2) is 0 Å². The van der Waals surface area contributed by atoms with Crippen molar-refractivity contribution in [2.24, 2.45) is 0 Å². The Morgan fingerprint density at radius 2 is 2.12 bits per heavy atom. The predicted octanol–water partition coefficient (Wildman–Crippen LogP) is 1.79. The Kier molecular flexibility index (Phi) is 5.22. The van der Waals surface area contributed by atoms with Crippen molar-refractivity contribution in [2.45, 2.75) is 6.42 Å². The normalized spacial score (nSPS) is 20.2. The molecule has 0 aromatic carbocycles. The number of carbonyl (C=O) groups is 2. The molecule has 1 aromatic rings. The van der Waals surface area contributed by atoms with E-state index in [0.717, 1.165) is 30.7 Å². The van der Waals surface area contributed by atoms with E-state index in [9.17, 15) is 9.59 Å². The van der Waals surface area contributed by atoms with Gasteiger partial charge in [0.1, 0.15) is 10.1 Å². The van der Waals surface area contributed by atoms with Gasteiger partial charge in [0.05, 0.1) is 24.5 Å². The van der Waals surface area contributed by atoms with E-state index in [-0.39, 0.29) is 18.9 Å². The van der Waals surface area contributed by atoms with Crippen LogP contribution in [-0.2, 0) is 14.3 Å². The number of carboxylic acids is 1. The second-order valence-electron chi connectivity index (χ2n) is 5.25. The van der Waals surface area contributed by atoms with Crippen LogP contribution >= 0.6 is 24.0 Å². The summed E-state index contributed by atoms with van der Waals surface area (Å²) in [4.78, 5) is 26.8. The first kappa shape index (κ1) is 17.0. The first-order valence-corrected chi connectivity index (χ1v) is 8.67. The molecule has 7 nitrogen and oxygen atoms in total. The molecule has 2 saturated heterocycles. The summed E-state index contributed by atoms with van der Waals surface area (Å²) < 4.78 is 11.5. The maximum atomic E-state index is 12.3. The van der Waals surface area contributed by atoms with Gasteiger partial charge in [0, 0.05) is 31.8 Å². The van der Waals surface area contributed by atoms with Crippen molar-refractivity contribution >= 4 is 52.1 Å². The number of furan rings is 1. The number of ether oxygens (including phenoxy) is 1. The number of carbonyl (C=O) groups excluding carboxylic acids is 1. The van der Waals surface area contributed by atoms with Crippen LogP contribution in [-0.4, -0.2) is 59.1 Å². The maximum absolute atomic E-state index is 12.3. The summed E-state index contributed by atoms with van der Waals surface area (Å²) in [6, 6.07) is 3.66. The van der Waals surface area contributed by atoms with E-state index in [1.807, 2.05) is 6.07 Å². The minimum atomic E-state index is -0.964. The Morgan fingerprint density at radius 1 is 1.38 bits per heavy atom. The molecule has 3 rings (SSSR count). The van der Waals surface area contributed by atoms with Crippen LogP contribution in [0.5, 0.6) is 0 Å². The number of hydrogen-bond donors (Lipinski definition) is 1. The largest absolute Gasteiger partial charge is 0.481 e. The minimum Gasteiger partial charge on any atom is -0.481 e. The van der Waals surface area contributed by atoms with E-state index in [0.29, 0.717) is 28.2 Å². The Hall–Kier alpha value is -1.84. The van der Waals surface area contributed by atoms with Gasteiger partial charge >= 0.3 is 5.97 Å². The highest BCUT2D eigenvalue weighted by Gasteiger charge is 2.32. The fourth-order valence-electron chi connectivity index (χ4n) is 2.40. The van der Waals surface area contributed by atoms with Gasteiger partial charge < -0.3 is 19.2 Å². The molecule has 1 aromatic heterocycles. The number of rotatable bonds is 5. The lowest BCUT2D eigenvalue weighted by Gasteiger charge is -2.26. The standard InChI is InChI=1S/C15H16N2O5S2/c18-13(19)3-4-17-14(20)11(24-15(17)23)9-10-1-2-12(22-10)16-5-7-21-8-6-16/h1-2,9H,3-8H2,(H,18,19). The fraction of sp³-hybridized carbons (Fsp3) is 0.400. The number of thiocarbonyl (C=S) groups is 1. The summed E-state index contributed by atoms with van der Waals surface area (Å²) in [5.41, 5.74) is 0. The predicted molar refractivity (Wildman–Crippen MR) is 93.9 cm³/mol. The van der Waals surface area contributed by atoms with Crippen LogP contribution in [0.1, 0.15) is 12.2 Å². The summed E-state index contributed by atoms with van der Waals surface area (Å²) in [6.07, 6.45) is 1.51. The van der Waals surface area contributed by atoms with Crippen LogP contribution < -0.4 is 4.90 Å². The van der Waals surface area contributed by atoms with Crippen LogP contribution in [0.25, 0.3) is 6.08 Å². The van der Waals surface area contributed by atoms with Gasteiger partial charge in [-0.05, 0) is 6.07 Å². The molecule has 1 N–H and O–H groups in total. The summed E-state index contributed by atoms with van der Waals surface area (Å²) in [5.74, 6) is 0.0610. The van der Waals surface area contributed by atoms with Gasteiger partial charge in [-0.1, -0.05) is 24.0 Å². The lowest BCUT2D eigenvalue weighted by atomic mass is 10.3. The topological polar surface area (TPSA) is 83.2 Å². The lowest BCUT2D eigenvalue weighted by Crippen LogP contribution is -2.35. The molecule has 9 heteroatoms. The molecule has 2 aliphatic heterocycles. The molecule has 2 aliphatic rings. The van der Waals surface area contributed by atoms with Crippen LogP contribution in [0.15, 0.2) is 21.5 Å². The molecule has 2 fully saturated rings. The van der Waals surface area contributed by atoms with E-state index < -0.39 is 5.97 Å². The number of aliphatic carboxylic acids is 1. The number of hydrogen-bond acceptors (Lipinski definition) is 7. The lowest BCUT2D eigenvalue weighted by molar-refractivity contribution is -0.137. The second-order valence-corrected chi connectivity index (χ2v) is 6.93. The Bertz CT molecular complexity index is 694. The molecule has 24 heavy (non-hydrogen) atoms. The van der Waals surface area contributed by atoms with Crippen molar-refractivity contribution < 1.29 is 23.8 Å². The third kappa shape index (κ3) is 3.80. The Balaban J connectivity index is 1.70. The van der Waals surface area contributed by atoms with Crippen molar-refractivity contribution in [1.29, 1.82) is 0 Å². The minimum absolute atomic E-state index is 0.0779. The van der Waals surface area contributed by atoms with Crippen molar-refractivity contribution in [3.63, 3.8) is 0 Å². The van der Waals surface area contributed by atoms with E-state index in [2.05, 4.69) is 4.90 Å². The zero-order valence-corrected chi connectivity index (χ0v) is 14.4. The van der Waals surface area contributed by atoms with Crippen LogP contribution in [0.2, 0.25) is 0 Å². The third-order valence-electron chi connectivity index (χ3n) is 3.63. The summed E-state index contributed by atoms with van der Waals surface area (Å²) in [6.45, 7) is 2.94. The number of morpholine rings is 1. The van der Waals surface area contributed by atoms with Gasteiger partial charge in [0.25, 0.3) is 5.91 Å². The molecule has 0 radical (unpaired) electrons. The molecule has 0 saturated carbocycles. The average Bonchev–Trinajstić information content (AvgIpc) is 3.13. The maximum Gasteiger partial charge on any atom is 0.305 e. The van der Waals surface area contributed by atoms with Gasteiger partial charge in [0.15, 0.2) is 5.88 Å². The van der Waals surface area contributed by atoms with E-state index in [1.54, 1.807) is 12.1 Å². The zero-order valence-electron chi connectivity index (χ0n) is 12.8. The Morgan fingerprint density at radius 3 is 2.83 bits per heavy atom. The number of thioether (sulfide) groups is 1. The van der Waals surface area contributed by atoms with Gasteiger partial charge in [-0.2, -0.15) is 0 Å². The van der Waals surface area contributed by atoms with Crippen molar-refractivity contribution in [2.75, 3.05) is 37.7 Å². The summed E-state index contributed by atoms with van der Waals surface area (Å²) in [7, 11) is 0. The second kappa shape index (κ2) is 7.37. The SMILES string of the molecule is O=C(O)CCN1C(=O)C(=Cc2ccc(N3CCOCC3)o2)SC1=S. The smallest absolute Gasteiger partial charge is 0.305 e. The third-order valence-corrected chi connectivity index (χ3v) is 5.01. The number of carboxylic acid groups (broad SMARTS) is 1. The summed E-state index contributed by atoms with van der Waals surface area (Å²) >= 11 is 6.31. The van der Waals surface area contributed by atoms with Crippen LogP contribution in [0.3, 0.4) is 0 Å². The highest BCUT2D eigenvalue weighted by Crippen LogP contribution is 2.33. The zero-order chi connectivity index (χ0) is 17.1. The highest BCUT2D eigenvalue weighted by molar-refractivity contribution is 8.26. The molecular weight excluding hydrogens is 352 g/mol. The molecule has 0 aliphatic carbocycles. The Labute approximate surface area is 148 Å². The number of anilines is 1. The molecule has 3 heterocycles.